The lowest BCUT2D eigenvalue weighted by Crippen LogP contribution is -2.27. The zero-order valence-electron chi connectivity index (χ0n) is 17.6. The smallest absolute Gasteiger partial charge is 0.293 e. The summed E-state index contributed by atoms with van der Waals surface area (Å²) in [6.45, 7) is 0.206. The monoisotopic (exact) mass is 589 g/mol. The number of benzene rings is 2. The maximum atomic E-state index is 12.8. The zero-order valence-corrected chi connectivity index (χ0v) is 20.6. The number of ether oxygens (including phenoxy) is 2. The molecule has 1 fully saturated rings. The average molecular weight is 589 g/mol. The van der Waals surface area contributed by atoms with Gasteiger partial charge in [0.15, 0.2) is 11.5 Å². The summed E-state index contributed by atoms with van der Waals surface area (Å²) in [6, 6.07) is 15.3. The molecule has 1 aliphatic rings. The third-order valence-electron chi connectivity index (χ3n) is 4.76. The van der Waals surface area contributed by atoms with E-state index in [2.05, 4.69) is 27.6 Å². The highest BCUT2D eigenvalue weighted by Gasteiger charge is 2.35. The number of nitro groups is 1. The van der Waals surface area contributed by atoms with Crippen molar-refractivity contribution in [2.45, 2.75) is 6.54 Å². The third kappa shape index (κ3) is 5.37. The van der Waals surface area contributed by atoms with Crippen LogP contribution < -0.4 is 9.47 Å². The summed E-state index contributed by atoms with van der Waals surface area (Å²) in [7, 11) is 1.46. The first-order valence-corrected chi connectivity index (χ1v) is 11.7. The van der Waals surface area contributed by atoms with Crippen LogP contribution in [0.1, 0.15) is 11.1 Å². The molecule has 34 heavy (non-hydrogen) atoms. The summed E-state index contributed by atoms with van der Waals surface area (Å²) in [5.41, 5.74) is 1.36. The Morgan fingerprint density at radius 3 is 2.53 bits per heavy atom. The van der Waals surface area contributed by atoms with E-state index < -0.39 is 4.92 Å². The van der Waals surface area contributed by atoms with Crippen LogP contribution in [0.4, 0.5) is 10.5 Å². The fraction of sp³-hybridized carbons (Fsp3) is 0.0870. The van der Waals surface area contributed by atoms with Crippen LogP contribution in [-0.2, 0) is 11.3 Å². The van der Waals surface area contributed by atoms with Gasteiger partial charge in [0.1, 0.15) is 6.20 Å². The summed E-state index contributed by atoms with van der Waals surface area (Å²) < 4.78 is 12.1. The third-order valence-corrected chi connectivity index (χ3v) is 6.39. The quantitative estimate of drug-likeness (QED) is 0.151. The number of aromatic nitrogens is 1. The van der Waals surface area contributed by atoms with Crippen LogP contribution in [0.15, 0.2) is 65.7 Å². The summed E-state index contributed by atoms with van der Waals surface area (Å²) in [6.07, 6.45) is 2.72. The van der Waals surface area contributed by atoms with E-state index in [4.69, 9.17) is 9.47 Å². The van der Waals surface area contributed by atoms with Crippen LogP contribution in [0.2, 0.25) is 0 Å². The van der Waals surface area contributed by atoms with Crippen LogP contribution >= 0.6 is 34.4 Å². The number of thioether (sulfide) groups is 1. The topological polar surface area (TPSA) is 112 Å². The van der Waals surface area contributed by atoms with E-state index in [9.17, 15) is 19.7 Å². The molecular formula is C23H16IN3O6S. The Hall–Kier alpha value is -3.45. The molecule has 0 saturated carbocycles. The van der Waals surface area contributed by atoms with Crippen molar-refractivity contribution in [2.75, 3.05) is 7.11 Å². The molecule has 1 aliphatic heterocycles. The van der Waals surface area contributed by atoms with Gasteiger partial charge in [0.2, 0.25) is 5.88 Å². The van der Waals surface area contributed by atoms with Crippen LogP contribution in [0.25, 0.3) is 6.08 Å². The van der Waals surface area contributed by atoms with E-state index >= 15 is 0 Å². The van der Waals surface area contributed by atoms with Gasteiger partial charge >= 0.3 is 0 Å². The molecule has 0 atom stereocenters. The van der Waals surface area contributed by atoms with Gasteiger partial charge in [-0.1, -0.05) is 18.2 Å². The van der Waals surface area contributed by atoms with Crippen molar-refractivity contribution in [3.63, 3.8) is 0 Å². The van der Waals surface area contributed by atoms with Gasteiger partial charge < -0.3 is 9.47 Å². The first-order valence-electron chi connectivity index (χ1n) is 9.80. The molecular weight excluding hydrogens is 573 g/mol. The van der Waals surface area contributed by atoms with Crippen LogP contribution in [0.3, 0.4) is 0 Å². The Morgan fingerprint density at radius 2 is 1.88 bits per heavy atom. The van der Waals surface area contributed by atoms with Gasteiger partial charge in [-0.2, -0.15) is 0 Å². The van der Waals surface area contributed by atoms with Crippen LogP contribution in [0, 0.1) is 13.7 Å². The Balaban J connectivity index is 1.51. The van der Waals surface area contributed by atoms with Gasteiger partial charge in [-0.05, 0) is 75.8 Å². The molecule has 1 saturated heterocycles. The normalized spacial score (nSPS) is 14.5. The number of imide groups is 1. The summed E-state index contributed by atoms with van der Waals surface area (Å²) in [5.74, 6) is 0.510. The molecule has 172 valence electrons. The summed E-state index contributed by atoms with van der Waals surface area (Å²) >= 11 is 3.08. The number of amides is 2. The Labute approximate surface area is 212 Å². The number of rotatable bonds is 7. The molecule has 4 rings (SSSR count). The molecule has 0 N–H and O–H groups in total. The number of hydrogen-bond acceptors (Lipinski definition) is 8. The van der Waals surface area contributed by atoms with Gasteiger partial charge in [0, 0.05) is 15.7 Å². The molecule has 1 aromatic heterocycles. The molecule has 2 amide bonds. The molecule has 0 radical (unpaired) electrons. The lowest BCUT2D eigenvalue weighted by molar-refractivity contribution is -0.385. The van der Waals surface area contributed by atoms with E-state index in [0.29, 0.717) is 22.0 Å². The largest absolute Gasteiger partial charge is 0.493 e. The van der Waals surface area contributed by atoms with Crippen molar-refractivity contribution in [1.82, 2.24) is 9.88 Å². The number of nitrogens with zero attached hydrogens (tertiary/aromatic N) is 3. The highest BCUT2D eigenvalue weighted by atomic mass is 127. The fourth-order valence-corrected chi connectivity index (χ4v) is 4.27. The molecule has 11 heteroatoms. The van der Waals surface area contributed by atoms with Gasteiger partial charge in [-0.3, -0.25) is 24.6 Å². The van der Waals surface area contributed by atoms with Crippen LogP contribution in [0.5, 0.6) is 17.4 Å². The van der Waals surface area contributed by atoms with Gasteiger partial charge in [-0.15, -0.1) is 0 Å². The number of methoxy groups -OCH3 is 1. The van der Waals surface area contributed by atoms with Crippen molar-refractivity contribution in [2.24, 2.45) is 0 Å². The SMILES string of the molecule is COc1cc(/C=C2\SC(=O)N(Cc3ccc(I)cc3)C2=O)ccc1Oc1ccc([N+](=O)[O-])cn1. The Bertz CT molecular complexity index is 1300. The lowest BCUT2D eigenvalue weighted by atomic mass is 10.1. The molecule has 0 aliphatic carbocycles. The predicted molar refractivity (Wildman–Crippen MR) is 135 cm³/mol. The van der Waals surface area contributed by atoms with Crippen molar-refractivity contribution in [3.05, 3.63) is 90.5 Å². The van der Waals surface area contributed by atoms with Crippen molar-refractivity contribution >= 4 is 57.3 Å². The van der Waals surface area contributed by atoms with Crippen molar-refractivity contribution in [1.29, 1.82) is 0 Å². The van der Waals surface area contributed by atoms with Gasteiger partial charge in [0.25, 0.3) is 16.8 Å². The number of halogens is 1. The maximum Gasteiger partial charge on any atom is 0.293 e. The van der Waals surface area contributed by atoms with E-state index in [0.717, 1.165) is 27.1 Å². The van der Waals surface area contributed by atoms with E-state index in [-0.39, 0.29) is 29.3 Å². The maximum absolute atomic E-state index is 12.8. The molecule has 2 heterocycles. The van der Waals surface area contributed by atoms with Gasteiger partial charge in [-0.25, -0.2) is 4.98 Å². The van der Waals surface area contributed by atoms with Gasteiger partial charge in [0.05, 0.1) is 23.5 Å². The molecule has 3 aromatic rings. The number of carbonyl (C=O) groups is 2. The highest BCUT2D eigenvalue weighted by Crippen LogP contribution is 2.36. The van der Waals surface area contributed by atoms with Crippen molar-refractivity contribution in [3.8, 4) is 17.4 Å². The molecule has 2 aromatic carbocycles. The number of pyridine rings is 1. The second-order valence-corrected chi connectivity index (χ2v) is 9.26. The van der Waals surface area contributed by atoms with E-state index in [1.54, 1.807) is 24.3 Å². The lowest BCUT2D eigenvalue weighted by Gasteiger charge is -2.12. The molecule has 0 spiro atoms. The van der Waals surface area contributed by atoms with Crippen LogP contribution in [-0.4, -0.2) is 33.1 Å². The fourth-order valence-electron chi connectivity index (χ4n) is 3.07. The Morgan fingerprint density at radius 1 is 1.12 bits per heavy atom. The highest BCUT2D eigenvalue weighted by molar-refractivity contribution is 14.1. The standard InChI is InChI=1S/C23H16IN3O6S/c1-32-19-10-15(4-8-18(19)33-21-9-7-17(12-25-21)27(30)31)11-20-22(28)26(23(29)34-20)13-14-2-5-16(24)6-3-14/h2-12H,13H2,1H3/b20-11-. The minimum atomic E-state index is -0.547. The first-order chi connectivity index (χ1) is 16.3. The Kier molecular flexibility index (Phi) is 7.12. The van der Waals surface area contributed by atoms with E-state index in [1.807, 2.05) is 24.3 Å². The first kappa shape index (κ1) is 23.7. The second-order valence-electron chi connectivity index (χ2n) is 7.02. The van der Waals surface area contributed by atoms with E-state index in [1.165, 1.54) is 24.1 Å². The zero-order chi connectivity index (χ0) is 24.2. The summed E-state index contributed by atoms with van der Waals surface area (Å²) in [5, 5.41) is 10.4. The van der Waals surface area contributed by atoms with Crippen molar-refractivity contribution < 1.29 is 24.0 Å². The second kappa shape index (κ2) is 10.2. The molecule has 9 nitrogen and oxygen atoms in total. The number of carbonyl (C=O) groups excluding carboxylic acids is 2. The molecule has 0 bridgehead atoms. The number of hydrogen-bond donors (Lipinski definition) is 0. The average Bonchev–Trinajstić information content (AvgIpc) is 3.09. The minimum Gasteiger partial charge on any atom is -0.493 e. The minimum absolute atomic E-state index is 0.148. The predicted octanol–water partition coefficient (Wildman–Crippen LogP) is 5.63. The summed E-state index contributed by atoms with van der Waals surface area (Å²) in [4.78, 5) is 40.9. The molecule has 0 unspecified atom stereocenters.